The van der Waals surface area contributed by atoms with Crippen LogP contribution in [-0.2, 0) is 16.6 Å². The van der Waals surface area contributed by atoms with E-state index in [2.05, 4.69) is 17.0 Å². The first-order valence-corrected chi connectivity index (χ1v) is 13.3. The number of aryl methyl sites for hydroxylation is 1. The van der Waals surface area contributed by atoms with Crippen molar-refractivity contribution in [3.05, 3.63) is 58.1 Å². The zero-order chi connectivity index (χ0) is 24.6. The van der Waals surface area contributed by atoms with Crippen LogP contribution in [0.25, 0.3) is 0 Å². The van der Waals surface area contributed by atoms with E-state index in [1.165, 1.54) is 11.1 Å². The van der Waals surface area contributed by atoms with Crippen LogP contribution in [0, 0.1) is 17.8 Å². The minimum atomic E-state index is -0.296. The Morgan fingerprint density at radius 1 is 1.23 bits per heavy atom. The van der Waals surface area contributed by atoms with Gasteiger partial charge < -0.3 is 19.5 Å². The van der Waals surface area contributed by atoms with Crippen LogP contribution in [0.3, 0.4) is 0 Å². The van der Waals surface area contributed by atoms with Gasteiger partial charge in [-0.05, 0) is 91.3 Å². The maximum atomic E-state index is 12.8. The third kappa shape index (κ3) is 4.90. The molecule has 1 fully saturated rings. The van der Waals surface area contributed by atoms with Crippen LogP contribution in [0.4, 0.5) is 5.69 Å². The van der Waals surface area contributed by atoms with Gasteiger partial charge in [-0.1, -0.05) is 31.5 Å². The lowest BCUT2D eigenvalue weighted by Gasteiger charge is -2.44. The molecule has 1 N–H and O–H groups in total. The van der Waals surface area contributed by atoms with Gasteiger partial charge >= 0.3 is 5.97 Å². The molecule has 0 saturated heterocycles. The highest BCUT2D eigenvalue weighted by molar-refractivity contribution is 6.30. The first-order chi connectivity index (χ1) is 16.9. The number of fused-ring (bicyclic) bond motifs is 3. The number of hydrogen-bond acceptors (Lipinski definition) is 5. The Bertz CT molecular complexity index is 1080. The predicted octanol–water partition coefficient (Wildman–Crippen LogP) is 5.64. The first kappa shape index (κ1) is 24.5. The minimum absolute atomic E-state index is 0.145. The third-order valence-corrected chi connectivity index (χ3v) is 8.32. The van der Waals surface area contributed by atoms with Crippen molar-refractivity contribution in [3.63, 3.8) is 0 Å². The number of ether oxygens (including phenoxy) is 2. The lowest BCUT2D eigenvalue weighted by atomic mass is 9.69. The van der Waals surface area contributed by atoms with Gasteiger partial charge in [-0.3, -0.25) is 0 Å². The van der Waals surface area contributed by atoms with E-state index >= 15 is 0 Å². The quantitative estimate of drug-likeness (QED) is 0.523. The van der Waals surface area contributed by atoms with Gasteiger partial charge in [-0.25, -0.2) is 4.79 Å². The van der Waals surface area contributed by atoms with E-state index in [9.17, 15) is 9.90 Å². The topological polar surface area (TPSA) is 59.0 Å². The van der Waals surface area contributed by atoms with Crippen molar-refractivity contribution in [2.75, 3.05) is 37.8 Å². The summed E-state index contributed by atoms with van der Waals surface area (Å²) in [7, 11) is 0. The monoisotopic (exact) mass is 497 g/mol. The number of halogens is 1. The number of aliphatic hydroxyl groups excluding tert-OH is 1. The lowest BCUT2D eigenvalue weighted by Crippen LogP contribution is -2.48. The molecule has 3 atom stereocenters. The summed E-state index contributed by atoms with van der Waals surface area (Å²) in [6.07, 6.45) is 5.37. The van der Waals surface area contributed by atoms with Crippen molar-refractivity contribution in [2.45, 2.75) is 51.4 Å². The number of esters is 1. The van der Waals surface area contributed by atoms with Crippen molar-refractivity contribution < 1.29 is 19.4 Å². The van der Waals surface area contributed by atoms with Crippen LogP contribution in [0.5, 0.6) is 5.75 Å². The summed E-state index contributed by atoms with van der Waals surface area (Å²) in [4.78, 5) is 15.2. The molecule has 1 heterocycles. The predicted molar refractivity (Wildman–Crippen MR) is 139 cm³/mol. The van der Waals surface area contributed by atoms with Crippen molar-refractivity contribution in [3.8, 4) is 5.75 Å². The third-order valence-electron chi connectivity index (χ3n) is 8.08. The molecule has 1 aliphatic heterocycles. The molecule has 0 aromatic heterocycles. The Morgan fingerprint density at radius 2 is 2.06 bits per heavy atom. The maximum Gasteiger partial charge on any atom is 0.338 e. The molecule has 1 spiro atoms. The summed E-state index contributed by atoms with van der Waals surface area (Å²) in [6.45, 7) is 6.95. The number of aliphatic hydroxyl groups is 1. The molecule has 6 heteroatoms. The second-order valence-corrected chi connectivity index (χ2v) is 11.5. The van der Waals surface area contributed by atoms with Gasteiger partial charge in [-0.15, -0.1) is 0 Å². The van der Waals surface area contributed by atoms with Crippen molar-refractivity contribution in [1.82, 2.24) is 0 Å². The molecule has 188 valence electrons. The molecule has 35 heavy (non-hydrogen) atoms. The summed E-state index contributed by atoms with van der Waals surface area (Å²) in [5, 5.41) is 10.6. The number of hydrogen-bond donors (Lipinski definition) is 1. The second kappa shape index (κ2) is 10.0. The van der Waals surface area contributed by atoms with E-state index in [0.717, 1.165) is 61.7 Å². The Hall–Kier alpha value is -2.24. The van der Waals surface area contributed by atoms with Crippen LogP contribution in [0.2, 0.25) is 5.02 Å². The summed E-state index contributed by atoms with van der Waals surface area (Å²) in [6, 6.07) is 12.0. The van der Waals surface area contributed by atoms with Gasteiger partial charge in [0.15, 0.2) is 0 Å². The summed E-state index contributed by atoms with van der Waals surface area (Å²) in [5.41, 5.74) is 4.00. The van der Waals surface area contributed by atoms with E-state index < -0.39 is 0 Å². The fourth-order valence-corrected chi connectivity index (χ4v) is 6.16. The van der Waals surface area contributed by atoms with E-state index in [0.29, 0.717) is 30.6 Å². The fourth-order valence-electron chi connectivity index (χ4n) is 5.97. The maximum absolute atomic E-state index is 12.8. The summed E-state index contributed by atoms with van der Waals surface area (Å²) < 4.78 is 12.0. The smallest absolute Gasteiger partial charge is 0.338 e. The normalized spacial score (nSPS) is 25.3. The molecule has 0 bridgehead atoms. The van der Waals surface area contributed by atoms with Crippen LogP contribution >= 0.6 is 11.6 Å². The van der Waals surface area contributed by atoms with Crippen LogP contribution in [0.1, 0.15) is 61.0 Å². The average molecular weight is 498 g/mol. The molecular weight excluding hydrogens is 462 g/mol. The lowest BCUT2D eigenvalue weighted by molar-refractivity contribution is 0.0459. The molecule has 2 aliphatic carbocycles. The summed E-state index contributed by atoms with van der Waals surface area (Å²) >= 11 is 6.35. The average Bonchev–Trinajstić information content (AvgIpc) is 2.97. The molecule has 0 radical (unpaired) electrons. The molecule has 2 aromatic carbocycles. The van der Waals surface area contributed by atoms with E-state index in [4.69, 9.17) is 21.1 Å². The molecule has 1 saturated carbocycles. The number of anilines is 1. The number of nitrogens with zero attached hydrogens (tertiary/aromatic N) is 1. The summed E-state index contributed by atoms with van der Waals surface area (Å²) in [5.74, 6) is 1.58. The van der Waals surface area contributed by atoms with Gasteiger partial charge in [-0.2, -0.15) is 0 Å². The van der Waals surface area contributed by atoms with Gasteiger partial charge in [0.25, 0.3) is 0 Å². The van der Waals surface area contributed by atoms with E-state index in [1.54, 1.807) is 0 Å². The van der Waals surface area contributed by atoms with Crippen LogP contribution in [0.15, 0.2) is 36.4 Å². The van der Waals surface area contributed by atoms with Crippen molar-refractivity contribution in [2.24, 2.45) is 17.8 Å². The molecular formula is C29H36ClNO4. The molecule has 3 aliphatic rings. The Morgan fingerprint density at radius 3 is 2.80 bits per heavy atom. The Kier molecular flexibility index (Phi) is 7.00. The van der Waals surface area contributed by atoms with Gasteiger partial charge in [0.05, 0.1) is 24.5 Å². The standard InChI is InChI=1S/C29H36ClNO4/c1-19(2)16-34-28(33)21-7-10-27-26(13-21)31(14-22-5-6-23(22)15-32)17-29(18-35-27)11-3-4-20-12-24(30)8-9-25(20)29/h7-10,12-13,19,22-23,32H,3-6,11,14-18H2,1-2H3/t22-,23-,29-/m0/s1. The molecule has 2 aromatic rings. The Balaban J connectivity index is 1.51. The largest absolute Gasteiger partial charge is 0.490 e. The number of carbonyl (C=O) groups excluding carboxylic acids is 1. The van der Waals surface area contributed by atoms with E-state index in [1.807, 2.05) is 38.1 Å². The van der Waals surface area contributed by atoms with Gasteiger partial charge in [0.1, 0.15) is 5.75 Å². The van der Waals surface area contributed by atoms with Gasteiger partial charge in [0.2, 0.25) is 0 Å². The fraction of sp³-hybridized carbons (Fsp3) is 0.552. The SMILES string of the molecule is CC(C)COC(=O)c1ccc2c(c1)N(C[C@@H]1CC[C@H]1CO)C[C@@]1(CCCc3cc(Cl)ccc31)CO2. The zero-order valence-corrected chi connectivity index (χ0v) is 21.5. The van der Waals surface area contributed by atoms with E-state index in [-0.39, 0.29) is 23.9 Å². The number of carbonyl (C=O) groups is 1. The highest BCUT2D eigenvalue weighted by atomic mass is 35.5. The van der Waals surface area contributed by atoms with Crippen molar-refractivity contribution >= 4 is 23.3 Å². The molecule has 0 unspecified atom stereocenters. The number of rotatable bonds is 6. The molecule has 5 nitrogen and oxygen atoms in total. The van der Waals surface area contributed by atoms with Crippen molar-refractivity contribution in [1.29, 1.82) is 0 Å². The van der Waals surface area contributed by atoms with Crippen LogP contribution < -0.4 is 9.64 Å². The highest BCUT2D eigenvalue weighted by Gasteiger charge is 2.43. The minimum Gasteiger partial charge on any atom is -0.490 e. The number of benzene rings is 2. The molecule has 0 amide bonds. The highest BCUT2D eigenvalue weighted by Crippen LogP contribution is 2.46. The Labute approximate surface area is 213 Å². The van der Waals surface area contributed by atoms with Crippen LogP contribution in [-0.4, -0.2) is 44.0 Å². The molecule has 5 rings (SSSR count). The zero-order valence-electron chi connectivity index (χ0n) is 20.8. The first-order valence-electron chi connectivity index (χ1n) is 13.0. The van der Waals surface area contributed by atoms with Gasteiger partial charge in [0, 0.05) is 30.1 Å². The second-order valence-electron chi connectivity index (χ2n) is 11.1.